The fraction of sp³-hybridized carbons (Fsp3) is 0.200. The van der Waals surface area contributed by atoms with Crippen LogP contribution in [0.5, 0.6) is 5.75 Å². The summed E-state index contributed by atoms with van der Waals surface area (Å²) in [5, 5.41) is 3.63. The minimum atomic E-state index is -0.392. The van der Waals surface area contributed by atoms with Crippen molar-refractivity contribution in [3.63, 3.8) is 0 Å². The second kappa shape index (κ2) is 7.75. The molecule has 0 bridgehead atoms. The summed E-state index contributed by atoms with van der Waals surface area (Å²) >= 11 is 0. The lowest BCUT2D eigenvalue weighted by atomic mass is 10.1. The van der Waals surface area contributed by atoms with E-state index in [0.29, 0.717) is 23.5 Å². The maximum Gasteiger partial charge on any atom is 0.251 e. The molecule has 0 aliphatic rings. The molecule has 0 saturated carbocycles. The summed E-state index contributed by atoms with van der Waals surface area (Å²) in [5.41, 5.74) is 1.76. The highest BCUT2D eigenvalue weighted by Gasteiger charge is 2.09. The first-order valence-electron chi connectivity index (χ1n) is 8.21. The average Bonchev–Trinajstić information content (AvgIpc) is 2.65. The Morgan fingerprint density at radius 1 is 1.20 bits per heavy atom. The number of benzene rings is 2. The molecule has 0 spiro atoms. The van der Waals surface area contributed by atoms with Crippen LogP contribution in [-0.4, -0.2) is 17.5 Å². The number of hydrogen-bond acceptors (Lipinski definition) is 3. The van der Waals surface area contributed by atoms with Crippen LogP contribution in [0.4, 0.5) is 4.39 Å². The van der Waals surface area contributed by atoms with E-state index in [2.05, 4.69) is 10.3 Å². The minimum absolute atomic E-state index is 0.115. The Morgan fingerprint density at radius 2 is 2.08 bits per heavy atom. The van der Waals surface area contributed by atoms with E-state index in [9.17, 15) is 9.18 Å². The van der Waals surface area contributed by atoms with Crippen molar-refractivity contribution in [3.05, 3.63) is 71.7 Å². The summed E-state index contributed by atoms with van der Waals surface area (Å²) in [6.07, 6.45) is 2.57. The zero-order valence-electron chi connectivity index (χ0n) is 14.0. The van der Waals surface area contributed by atoms with E-state index in [1.165, 1.54) is 6.07 Å². The van der Waals surface area contributed by atoms with Gasteiger partial charge in [-0.2, -0.15) is 0 Å². The van der Waals surface area contributed by atoms with Crippen LogP contribution in [0.15, 0.2) is 54.7 Å². The molecule has 0 saturated heterocycles. The summed E-state index contributed by atoms with van der Waals surface area (Å²) in [5.74, 6) is -0.149. The van der Waals surface area contributed by atoms with Crippen LogP contribution < -0.4 is 10.1 Å². The van der Waals surface area contributed by atoms with Crippen molar-refractivity contribution in [1.29, 1.82) is 0 Å². The maximum absolute atomic E-state index is 14.1. The summed E-state index contributed by atoms with van der Waals surface area (Å²) in [7, 11) is 0. The lowest BCUT2D eigenvalue weighted by molar-refractivity contribution is 0.0950. The highest BCUT2D eigenvalue weighted by Crippen LogP contribution is 2.17. The monoisotopic (exact) mass is 338 g/mol. The third-order valence-corrected chi connectivity index (χ3v) is 3.80. The van der Waals surface area contributed by atoms with Gasteiger partial charge in [-0.05, 0) is 36.8 Å². The molecule has 0 aliphatic heterocycles. The molecule has 4 nitrogen and oxygen atoms in total. The van der Waals surface area contributed by atoms with Crippen LogP contribution >= 0.6 is 0 Å². The standard InChI is InChI=1S/C20H19FN2O2/c1-2-10-25-17-7-5-16(18(21)12-17)13-23-20(24)15-6-8-19-14(11-15)4-3-9-22-19/h3-9,11-12H,2,10,13H2,1H3,(H,23,24). The molecular weight excluding hydrogens is 319 g/mol. The molecule has 1 N–H and O–H groups in total. The number of carbonyl (C=O) groups excluding carboxylic acids is 1. The van der Waals surface area contributed by atoms with Crippen molar-refractivity contribution in [3.8, 4) is 5.75 Å². The fourth-order valence-corrected chi connectivity index (χ4v) is 2.48. The number of pyridine rings is 1. The predicted octanol–water partition coefficient (Wildman–Crippen LogP) is 4.09. The Labute approximate surface area is 145 Å². The van der Waals surface area contributed by atoms with E-state index in [-0.39, 0.29) is 12.5 Å². The number of amides is 1. The second-order valence-electron chi connectivity index (χ2n) is 5.70. The quantitative estimate of drug-likeness (QED) is 0.736. The first kappa shape index (κ1) is 16.9. The fourth-order valence-electron chi connectivity index (χ4n) is 2.48. The van der Waals surface area contributed by atoms with Gasteiger partial charge >= 0.3 is 0 Å². The molecule has 2 aromatic carbocycles. The van der Waals surface area contributed by atoms with Crippen molar-refractivity contribution in [1.82, 2.24) is 10.3 Å². The van der Waals surface area contributed by atoms with Gasteiger partial charge in [-0.3, -0.25) is 9.78 Å². The van der Waals surface area contributed by atoms with E-state index in [4.69, 9.17) is 4.74 Å². The van der Waals surface area contributed by atoms with Gasteiger partial charge in [0.2, 0.25) is 0 Å². The molecule has 1 amide bonds. The zero-order valence-corrected chi connectivity index (χ0v) is 14.0. The van der Waals surface area contributed by atoms with Crippen LogP contribution in [0, 0.1) is 5.82 Å². The molecule has 128 valence electrons. The van der Waals surface area contributed by atoms with E-state index < -0.39 is 5.82 Å². The topological polar surface area (TPSA) is 51.2 Å². The molecule has 0 atom stereocenters. The average molecular weight is 338 g/mol. The molecule has 3 rings (SSSR count). The second-order valence-corrected chi connectivity index (χ2v) is 5.70. The zero-order chi connectivity index (χ0) is 17.6. The highest BCUT2D eigenvalue weighted by atomic mass is 19.1. The number of halogens is 1. The van der Waals surface area contributed by atoms with Crippen molar-refractivity contribution < 1.29 is 13.9 Å². The molecule has 0 aliphatic carbocycles. The van der Waals surface area contributed by atoms with Crippen molar-refractivity contribution >= 4 is 16.8 Å². The van der Waals surface area contributed by atoms with Gasteiger partial charge < -0.3 is 10.1 Å². The first-order chi connectivity index (χ1) is 12.2. The molecule has 0 radical (unpaired) electrons. The number of hydrogen-bond donors (Lipinski definition) is 1. The summed E-state index contributed by atoms with van der Waals surface area (Å²) < 4.78 is 19.5. The van der Waals surface area contributed by atoms with Gasteiger partial charge in [0.15, 0.2) is 0 Å². The SMILES string of the molecule is CCCOc1ccc(CNC(=O)c2ccc3ncccc3c2)c(F)c1. The number of nitrogens with one attached hydrogen (secondary N) is 1. The van der Waals surface area contributed by atoms with Crippen molar-refractivity contribution in [2.24, 2.45) is 0 Å². The molecular formula is C20H19FN2O2. The number of ether oxygens (including phenoxy) is 1. The van der Waals surface area contributed by atoms with Gasteiger partial charge in [0.05, 0.1) is 12.1 Å². The van der Waals surface area contributed by atoms with Gasteiger partial charge in [-0.1, -0.05) is 19.1 Å². The normalized spacial score (nSPS) is 10.6. The summed E-state index contributed by atoms with van der Waals surface area (Å²) in [6.45, 7) is 2.65. The Hall–Kier alpha value is -2.95. The van der Waals surface area contributed by atoms with Gasteiger partial charge in [-0.25, -0.2) is 4.39 Å². The third-order valence-electron chi connectivity index (χ3n) is 3.80. The molecule has 0 fully saturated rings. The number of rotatable bonds is 6. The molecule has 3 aromatic rings. The van der Waals surface area contributed by atoms with Gasteiger partial charge in [-0.15, -0.1) is 0 Å². The molecule has 1 aromatic heterocycles. The lowest BCUT2D eigenvalue weighted by Crippen LogP contribution is -2.23. The van der Waals surface area contributed by atoms with Crippen LogP contribution in [0.25, 0.3) is 10.9 Å². The predicted molar refractivity (Wildman–Crippen MR) is 95.1 cm³/mol. The van der Waals surface area contributed by atoms with Gasteiger partial charge in [0, 0.05) is 35.3 Å². The van der Waals surface area contributed by atoms with Gasteiger partial charge in [0.1, 0.15) is 11.6 Å². The molecule has 1 heterocycles. The van der Waals surface area contributed by atoms with E-state index in [0.717, 1.165) is 17.3 Å². The third kappa shape index (κ3) is 4.12. The van der Waals surface area contributed by atoms with E-state index in [1.54, 1.807) is 36.5 Å². The van der Waals surface area contributed by atoms with Crippen LogP contribution in [-0.2, 0) is 6.54 Å². The smallest absolute Gasteiger partial charge is 0.251 e. The Balaban J connectivity index is 1.66. The van der Waals surface area contributed by atoms with Crippen molar-refractivity contribution in [2.75, 3.05) is 6.61 Å². The van der Waals surface area contributed by atoms with E-state index >= 15 is 0 Å². The minimum Gasteiger partial charge on any atom is -0.494 e. The summed E-state index contributed by atoms with van der Waals surface area (Å²) in [4.78, 5) is 16.5. The molecule has 5 heteroatoms. The van der Waals surface area contributed by atoms with Crippen molar-refractivity contribution in [2.45, 2.75) is 19.9 Å². The van der Waals surface area contributed by atoms with Crippen LogP contribution in [0.1, 0.15) is 29.3 Å². The van der Waals surface area contributed by atoms with Gasteiger partial charge in [0.25, 0.3) is 5.91 Å². The highest BCUT2D eigenvalue weighted by molar-refractivity contribution is 5.97. The Kier molecular flexibility index (Phi) is 5.23. The summed E-state index contributed by atoms with van der Waals surface area (Å²) in [6, 6.07) is 13.7. The molecule has 0 unspecified atom stereocenters. The first-order valence-corrected chi connectivity index (χ1v) is 8.21. The lowest BCUT2D eigenvalue weighted by Gasteiger charge is -2.09. The molecule has 25 heavy (non-hydrogen) atoms. The Morgan fingerprint density at radius 3 is 2.88 bits per heavy atom. The van der Waals surface area contributed by atoms with Crippen LogP contribution in [0.2, 0.25) is 0 Å². The van der Waals surface area contributed by atoms with Crippen LogP contribution in [0.3, 0.4) is 0 Å². The maximum atomic E-state index is 14.1. The number of nitrogens with zero attached hydrogens (tertiary/aromatic N) is 1. The van der Waals surface area contributed by atoms with E-state index in [1.807, 2.05) is 19.1 Å². The Bertz CT molecular complexity index is 896. The largest absolute Gasteiger partial charge is 0.494 e. The number of aromatic nitrogens is 1. The number of carbonyl (C=O) groups is 1. The number of fused-ring (bicyclic) bond motifs is 1.